The highest BCUT2D eigenvalue weighted by atomic mass is 32.1. The quantitative estimate of drug-likeness (QED) is 0.274. The molecule has 0 aliphatic rings. The van der Waals surface area contributed by atoms with E-state index in [1.807, 2.05) is 0 Å². The van der Waals surface area contributed by atoms with Crippen LogP contribution in [-0.2, 0) is 6.42 Å². The number of ether oxygens (including phenoxy) is 4. The van der Waals surface area contributed by atoms with E-state index in [4.69, 9.17) is 31.2 Å². The van der Waals surface area contributed by atoms with Crippen molar-refractivity contribution < 1.29 is 18.9 Å². The second kappa shape index (κ2) is 10.4. The van der Waals surface area contributed by atoms with Gasteiger partial charge in [0.05, 0.1) is 40.2 Å². The molecule has 0 fully saturated rings. The first kappa shape index (κ1) is 24.7. The van der Waals surface area contributed by atoms with Crippen molar-refractivity contribution in [2.24, 2.45) is 5.10 Å². The maximum atomic E-state index is 13.1. The van der Waals surface area contributed by atoms with Crippen LogP contribution in [0.3, 0.4) is 0 Å². The lowest BCUT2D eigenvalue weighted by molar-refractivity contribution is 0.324. The molecule has 36 heavy (non-hydrogen) atoms. The molecule has 2 N–H and O–H groups in total. The van der Waals surface area contributed by atoms with E-state index >= 15 is 0 Å². The van der Waals surface area contributed by atoms with Crippen LogP contribution < -0.4 is 30.1 Å². The standard InChI is InChI=1S/C24H23N5O6S/c1-32-16-5-6-17-14(11-16)10-15(22(30)26-17)12-25-29-23(31)18(27-28-24(29)36)7-13-8-19(33-2)21(35-4)20(9-13)34-3/h5-6,8-12H,7H2,1-4H3,(H,26,30)(H,28,36)/b25-12+. The SMILES string of the molecule is COc1ccc2[nH]c(=O)c(/C=N/n3c(=S)[nH]nc(Cc4cc(OC)c(OC)c(OC)c4)c3=O)cc2c1. The first-order valence-corrected chi connectivity index (χ1v) is 11.0. The second-order valence-corrected chi connectivity index (χ2v) is 7.94. The van der Waals surface area contributed by atoms with E-state index in [0.29, 0.717) is 34.1 Å². The van der Waals surface area contributed by atoms with Crippen molar-refractivity contribution in [1.82, 2.24) is 19.9 Å². The summed E-state index contributed by atoms with van der Waals surface area (Å²) in [6.45, 7) is 0. The molecule has 0 unspecified atom stereocenters. The number of methoxy groups -OCH3 is 4. The number of nitrogens with zero attached hydrogens (tertiary/aromatic N) is 3. The monoisotopic (exact) mass is 509 g/mol. The third kappa shape index (κ3) is 4.84. The van der Waals surface area contributed by atoms with Gasteiger partial charge >= 0.3 is 0 Å². The minimum atomic E-state index is -0.539. The average Bonchev–Trinajstić information content (AvgIpc) is 2.89. The molecule has 2 aromatic heterocycles. The highest BCUT2D eigenvalue weighted by molar-refractivity contribution is 7.71. The molecule has 0 bridgehead atoms. The number of H-pyrrole nitrogens is 2. The Kier molecular flexibility index (Phi) is 7.15. The Labute approximate surface area is 209 Å². The lowest BCUT2D eigenvalue weighted by Crippen LogP contribution is -2.25. The number of nitrogens with one attached hydrogen (secondary N) is 2. The van der Waals surface area contributed by atoms with Gasteiger partial charge in [0.2, 0.25) is 10.5 Å². The van der Waals surface area contributed by atoms with Gasteiger partial charge in [0.15, 0.2) is 11.5 Å². The largest absolute Gasteiger partial charge is 0.497 e. The van der Waals surface area contributed by atoms with Crippen LogP contribution in [0.2, 0.25) is 0 Å². The van der Waals surface area contributed by atoms with Crippen molar-refractivity contribution in [3.8, 4) is 23.0 Å². The van der Waals surface area contributed by atoms with Crippen LogP contribution in [-0.4, -0.2) is 54.5 Å². The smallest absolute Gasteiger partial charge is 0.297 e. The first-order chi connectivity index (χ1) is 17.4. The third-order valence-electron chi connectivity index (χ3n) is 5.41. The van der Waals surface area contributed by atoms with Gasteiger partial charge in [-0.15, -0.1) is 0 Å². The zero-order chi connectivity index (χ0) is 25.8. The molecule has 4 rings (SSSR count). The summed E-state index contributed by atoms with van der Waals surface area (Å²) in [4.78, 5) is 28.4. The predicted molar refractivity (Wildman–Crippen MR) is 137 cm³/mol. The summed E-state index contributed by atoms with van der Waals surface area (Å²) in [5, 5.41) is 11.6. The van der Waals surface area contributed by atoms with Crippen LogP contribution >= 0.6 is 12.2 Å². The normalized spacial score (nSPS) is 11.1. The van der Waals surface area contributed by atoms with Crippen LogP contribution in [0.1, 0.15) is 16.8 Å². The molecule has 4 aromatic rings. The van der Waals surface area contributed by atoms with Crippen LogP contribution in [0.4, 0.5) is 0 Å². The van der Waals surface area contributed by atoms with Gasteiger partial charge in [-0.3, -0.25) is 14.7 Å². The Morgan fingerprint density at radius 2 is 1.72 bits per heavy atom. The van der Waals surface area contributed by atoms with Gasteiger partial charge < -0.3 is 23.9 Å². The zero-order valence-electron chi connectivity index (χ0n) is 19.9. The maximum absolute atomic E-state index is 13.1. The van der Waals surface area contributed by atoms with Crippen LogP contribution in [0, 0.1) is 4.77 Å². The maximum Gasteiger partial charge on any atom is 0.297 e. The highest BCUT2D eigenvalue weighted by Crippen LogP contribution is 2.38. The Morgan fingerprint density at radius 3 is 2.36 bits per heavy atom. The van der Waals surface area contributed by atoms with E-state index in [1.54, 1.807) is 43.5 Å². The van der Waals surface area contributed by atoms with Gasteiger partial charge in [0.1, 0.15) is 11.4 Å². The molecule has 0 radical (unpaired) electrons. The molecule has 11 nitrogen and oxygen atoms in total. The van der Waals surface area contributed by atoms with Crippen molar-refractivity contribution >= 4 is 29.3 Å². The van der Waals surface area contributed by atoms with Crippen molar-refractivity contribution in [3.63, 3.8) is 0 Å². The second-order valence-electron chi connectivity index (χ2n) is 7.55. The molecule has 12 heteroatoms. The summed E-state index contributed by atoms with van der Waals surface area (Å²) in [5.41, 5.74) is 0.806. The molecule has 0 spiro atoms. The summed E-state index contributed by atoms with van der Waals surface area (Å²) in [6.07, 6.45) is 1.40. The first-order valence-electron chi connectivity index (χ1n) is 10.6. The molecule has 0 amide bonds. The van der Waals surface area contributed by atoms with E-state index in [9.17, 15) is 9.59 Å². The fraction of sp³-hybridized carbons (Fsp3) is 0.208. The van der Waals surface area contributed by atoms with E-state index in [-0.39, 0.29) is 28.0 Å². The van der Waals surface area contributed by atoms with E-state index in [1.165, 1.54) is 27.5 Å². The molecule has 0 atom stereocenters. The van der Waals surface area contributed by atoms with Crippen LogP contribution in [0.25, 0.3) is 10.9 Å². The predicted octanol–water partition coefficient (Wildman–Crippen LogP) is 2.65. The number of hydrogen-bond acceptors (Lipinski definition) is 9. The number of pyridine rings is 1. The van der Waals surface area contributed by atoms with Crippen molar-refractivity contribution in [1.29, 1.82) is 0 Å². The minimum Gasteiger partial charge on any atom is -0.497 e. The molecular formula is C24H23N5O6S. The fourth-order valence-corrected chi connectivity index (χ4v) is 3.80. The Bertz CT molecular complexity index is 1610. The molecule has 0 aliphatic carbocycles. The van der Waals surface area contributed by atoms with Gasteiger partial charge in [0, 0.05) is 17.3 Å². The van der Waals surface area contributed by atoms with Crippen molar-refractivity contribution in [2.45, 2.75) is 6.42 Å². The number of aromatic nitrogens is 4. The molecular weight excluding hydrogens is 486 g/mol. The van der Waals surface area contributed by atoms with Gasteiger partial charge in [0.25, 0.3) is 11.1 Å². The lowest BCUT2D eigenvalue weighted by Gasteiger charge is -2.14. The summed E-state index contributed by atoms with van der Waals surface area (Å²) in [5.74, 6) is 1.97. The molecule has 0 saturated heterocycles. The summed E-state index contributed by atoms with van der Waals surface area (Å²) >= 11 is 5.21. The van der Waals surface area contributed by atoms with Crippen molar-refractivity contribution in [2.75, 3.05) is 28.4 Å². The number of hydrogen-bond donors (Lipinski definition) is 2. The van der Waals surface area contributed by atoms with Gasteiger partial charge in [-0.25, -0.2) is 0 Å². The van der Waals surface area contributed by atoms with Crippen LogP contribution in [0.5, 0.6) is 23.0 Å². The molecule has 0 aliphatic heterocycles. The van der Waals surface area contributed by atoms with E-state index in [2.05, 4.69) is 20.3 Å². The molecule has 0 saturated carbocycles. The summed E-state index contributed by atoms with van der Waals surface area (Å²) < 4.78 is 22.3. The molecule has 2 aromatic carbocycles. The average molecular weight is 510 g/mol. The zero-order valence-corrected chi connectivity index (χ0v) is 20.8. The number of rotatable bonds is 8. The van der Waals surface area contributed by atoms with Gasteiger partial charge in [-0.1, -0.05) is 0 Å². The Balaban J connectivity index is 1.71. The summed E-state index contributed by atoms with van der Waals surface area (Å²) in [6, 6.07) is 10.4. The third-order valence-corrected chi connectivity index (χ3v) is 5.67. The van der Waals surface area contributed by atoms with Gasteiger partial charge in [-0.2, -0.15) is 14.9 Å². The Morgan fingerprint density at radius 1 is 1.00 bits per heavy atom. The molecule has 2 heterocycles. The number of aromatic amines is 2. The van der Waals surface area contributed by atoms with Gasteiger partial charge in [-0.05, 0) is 54.2 Å². The number of fused-ring (bicyclic) bond motifs is 1. The highest BCUT2D eigenvalue weighted by Gasteiger charge is 2.16. The van der Waals surface area contributed by atoms with E-state index in [0.717, 1.165) is 10.1 Å². The lowest BCUT2D eigenvalue weighted by atomic mass is 10.1. The Hall–Kier alpha value is -4.45. The fourth-order valence-electron chi connectivity index (χ4n) is 3.62. The topological polar surface area (TPSA) is 133 Å². The van der Waals surface area contributed by atoms with Crippen LogP contribution in [0.15, 0.2) is 51.1 Å². The van der Waals surface area contributed by atoms with E-state index < -0.39 is 5.56 Å². The molecule has 186 valence electrons. The number of benzene rings is 2. The minimum absolute atomic E-state index is 0.0243. The van der Waals surface area contributed by atoms with Crippen molar-refractivity contribution in [3.05, 3.63) is 78.7 Å². The summed E-state index contributed by atoms with van der Waals surface area (Å²) in [7, 11) is 6.08.